The number of anilines is 1. The van der Waals surface area contributed by atoms with Crippen molar-refractivity contribution in [1.29, 1.82) is 0 Å². The van der Waals surface area contributed by atoms with Gasteiger partial charge in [0, 0.05) is 12.3 Å². The van der Waals surface area contributed by atoms with Gasteiger partial charge in [-0.15, -0.1) is 0 Å². The maximum atomic E-state index is 14.3. The van der Waals surface area contributed by atoms with Crippen LogP contribution in [-0.2, 0) is 0 Å². The average Bonchev–Trinajstić information content (AvgIpc) is 3.37. The summed E-state index contributed by atoms with van der Waals surface area (Å²) in [6.45, 7) is 2.86. The molecule has 32 heavy (non-hydrogen) atoms. The van der Waals surface area contributed by atoms with Crippen LogP contribution in [0.5, 0.6) is 0 Å². The van der Waals surface area contributed by atoms with E-state index in [9.17, 15) is 22.4 Å². The number of nitrogens with zero attached hydrogens (tertiary/aromatic N) is 5. The van der Waals surface area contributed by atoms with E-state index in [-0.39, 0.29) is 17.3 Å². The van der Waals surface area contributed by atoms with E-state index in [0.29, 0.717) is 10.3 Å². The van der Waals surface area contributed by atoms with Crippen molar-refractivity contribution in [2.24, 2.45) is 0 Å². The molecule has 2 atom stereocenters. The fourth-order valence-electron chi connectivity index (χ4n) is 3.04. The van der Waals surface area contributed by atoms with Crippen LogP contribution in [0.1, 0.15) is 37.4 Å². The second-order valence-corrected chi connectivity index (χ2v) is 6.91. The van der Waals surface area contributed by atoms with Crippen LogP contribution in [0.25, 0.3) is 11.5 Å². The summed E-state index contributed by atoms with van der Waals surface area (Å²) >= 11 is 0. The molecule has 0 spiro atoms. The Labute approximate surface area is 178 Å². The number of hydrogen-bond acceptors (Lipinski definition) is 6. The van der Waals surface area contributed by atoms with Crippen molar-refractivity contribution < 1.29 is 22.0 Å². The molecule has 0 bridgehead atoms. The van der Waals surface area contributed by atoms with Gasteiger partial charge in [-0.05, 0) is 26.0 Å². The highest BCUT2D eigenvalue weighted by Crippen LogP contribution is 2.22. The molecule has 0 saturated carbocycles. The van der Waals surface area contributed by atoms with Gasteiger partial charge in [0.1, 0.15) is 29.8 Å². The fraction of sp³-hybridized carbons (Fsp3) is 0.200. The van der Waals surface area contributed by atoms with Gasteiger partial charge in [0.05, 0.1) is 29.9 Å². The number of halogens is 4. The van der Waals surface area contributed by atoms with Crippen molar-refractivity contribution in [2.75, 3.05) is 5.32 Å². The third-order valence-corrected chi connectivity index (χ3v) is 4.65. The molecule has 4 rings (SSSR count). The van der Waals surface area contributed by atoms with Crippen LogP contribution in [0.4, 0.5) is 23.5 Å². The molecule has 1 aromatic carbocycles. The van der Waals surface area contributed by atoms with E-state index in [1.807, 2.05) is 0 Å². The summed E-state index contributed by atoms with van der Waals surface area (Å²) in [6, 6.07) is 2.63. The van der Waals surface area contributed by atoms with Gasteiger partial charge < -0.3 is 14.3 Å². The lowest BCUT2D eigenvalue weighted by molar-refractivity contribution is 0.359. The van der Waals surface area contributed by atoms with Gasteiger partial charge in [-0.3, -0.25) is 0 Å². The Balaban J connectivity index is 1.61. The lowest BCUT2D eigenvalue weighted by atomic mass is 10.2. The number of aromatic nitrogens is 5. The van der Waals surface area contributed by atoms with E-state index in [0.717, 1.165) is 24.6 Å². The second-order valence-electron chi connectivity index (χ2n) is 6.91. The van der Waals surface area contributed by atoms with Crippen LogP contribution in [0.15, 0.2) is 52.4 Å². The standard InChI is InChI=1S/C20H16F4N6O2/c1-10(21)17-8-32-20(31)30(17)18-14(24)6-25-19(28-18)27-11(2)15-7-29(9-26-15)16-4-3-12(22)5-13(16)23/h3-11H,1-2H3,(H,25,27,28)/t10-,11-/m0/s1. The molecule has 12 heteroatoms. The van der Waals surface area contributed by atoms with Gasteiger partial charge in [-0.1, -0.05) is 0 Å². The Morgan fingerprint density at radius 1 is 1.12 bits per heavy atom. The number of imidazole rings is 1. The zero-order chi connectivity index (χ0) is 23.0. The van der Waals surface area contributed by atoms with Crippen LogP contribution < -0.4 is 11.1 Å². The van der Waals surface area contributed by atoms with Gasteiger partial charge in [-0.2, -0.15) is 4.98 Å². The van der Waals surface area contributed by atoms with Crippen LogP contribution in [0, 0.1) is 17.5 Å². The smallest absolute Gasteiger partial charge is 0.416 e. The van der Waals surface area contributed by atoms with Gasteiger partial charge in [-0.25, -0.2) is 36.9 Å². The largest absolute Gasteiger partial charge is 0.425 e. The van der Waals surface area contributed by atoms with Crippen LogP contribution in [0.3, 0.4) is 0 Å². The maximum absolute atomic E-state index is 14.3. The highest BCUT2D eigenvalue weighted by Gasteiger charge is 2.21. The monoisotopic (exact) mass is 448 g/mol. The molecule has 166 valence electrons. The lowest BCUT2D eigenvalue weighted by Gasteiger charge is -2.13. The van der Waals surface area contributed by atoms with Crippen molar-refractivity contribution in [3.8, 4) is 11.5 Å². The number of nitrogens with one attached hydrogen (secondary N) is 1. The molecule has 0 aliphatic rings. The molecule has 1 N–H and O–H groups in total. The Bertz CT molecular complexity index is 1330. The summed E-state index contributed by atoms with van der Waals surface area (Å²) in [7, 11) is 0. The predicted octanol–water partition coefficient (Wildman–Crippen LogP) is 4.03. The second kappa shape index (κ2) is 8.29. The molecular weight excluding hydrogens is 432 g/mol. The summed E-state index contributed by atoms with van der Waals surface area (Å²) < 4.78 is 62.0. The summed E-state index contributed by atoms with van der Waals surface area (Å²) in [5.41, 5.74) is 0.346. The Hall–Kier alpha value is -3.96. The van der Waals surface area contributed by atoms with Gasteiger partial charge in [0.15, 0.2) is 11.6 Å². The fourth-order valence-corrected chi connectivity index (χ4v) is 3.04. The number of benzene rings is 1. The summed E-state index contributed by atoms with van der Waals surface area (Å²) in [6.07, 6.45) is 2.98. The molecule has 3 aromatic heterocycles. The minimum absolute atomic E-state index is 0.0676. The molecule has 8 nitrogen and oxygen atoms in total. The van der Waals surface area contributed by atoms with Crippen molar-refractivity contribution >= 4 is 5.95 Å². The predicted molar refractivity (Wildman–Crippen MR) is 105 cm³/mol. The first-order chi connectivity index (χ1) is 15.2. The normalized spacial score (nSPS) is 13.2. The third kappa shape index (κ3) is 3.98. The summed E-state index contributed by atoms with van der Waals surface area (Å²) in [5.74, 6) is -3.96. The average molecular weight is 448 g/mol. The SMILES string of the molecule is C[C@H](F)c1coc(=O)n1-c1nc(N[C@@H](C)c2cn(-c3ccc(F)cc3F)cn2)ncc1F. The van der Waals surface area contributed by atoms with Crippen molar-refractivity contribution in [3.63, 3.8) is 0 Å². The zero-order valence-electron chi connectivity index (χ0n) is 16.8. The first kappa shape index (κ1) is 21.3. The van der Waals surface area contributed by atoms with Gasteiger partial charge in [0.25, 0.3) is 0 Å². The van der Waals surface area contributed by atoms with Crippen LogP contribution in [-0.4, -0.2) is 24.1 Å². The maximum Gasteiger partial charge on any atom is 0.425 e. The Kier molecular flexibility index (Phi) is 5.51. The molecule has 0 fully saturated rings. The van der Waals surface area contributed by atoms with Crippen molar-refractivity contribution in [1.82, 2.24) is 24.1 Å². The third-order valence-electron chi connectivity index (χ3n) is 4.65. The first-order valence-electron chi connectivity index (χ1n) is 9.38. The molecule has 3 heterocycles. The van der Waals surface area contributed by atoms with E-state index in [1.165, 1.54) is 30.1 Å². The number of hydrogen-bond donors (Lipinski definition) is 1. The van der Waals surface area contributed by atoms with E-state index >= 15 is 0 Å². The summed E-state index contributed by atoms with van der Waals surface area (Å²) in [4.78, 5) is 23.9. The van der Waals surface area contributed by atoms with Gasteiger partial charge in [0.2, 0.25) is 5.95 Å². The first-order valence-corrected chi connectivity index (χ1v) is 9.38. The zero-order valence-corrected chi connectivity index (χ0v) is 16.8. The number of oxazole rings is 1. The molecule has 0 aliphatic heterocycles. The van der Waals surface area contributed by atoms with Gasteiger partial charge >= 0.3 is 5.76 Å². The van der Waals surface area contributed by atoms with Crippen LogP contribution in [0.2, 0.25) is 0 Å². The van der Waals surface area contributed by atoms with E-state index < -0.39 is 41.2 Å². The minimum Gasteiger partial charge on any atom is -0.416 e. The molecular formula is C20H16F4N6O2. The highest BCUT2D eigenvalue weighted by molar-refractivity contribution is 5.38. The van der Waals surface area contributed by atoms with Crippen LogP contribution >= 0.6 is 0 Å². The van der Waals surface area contributed by atoms with E-state index in [2.05, 4.69) is 24.7 Å². The summed E-state index contributed by atoms with van der Waals surface area (Å²) in [5, 5.41) is 2.89. The molecule has 0 saturated heterocycles. The molecule has 0 amide bonds. The molecule has 0 unspecified atom stereocenters. The quantitative estimate of drug-likeness (QED) is 0.448. The van der Waals surface area contributed by atoms with E-state index in [1.54, 1.807) is 6.92 Å². The number of rotatable bonds is 6. The number of alkyl halides is 1. The minimum atomic E-state index is -1.61. The Morgan fingerprint density at radius 2 is 1.91 bits per heavy atom. The molecule has 0 radical (unpaired) electrons. The molecule has 4 aromatic rings. The molecule has 0 aliphatic carbocycles. The van der Waals surface area contributed by atoms with E-state index in [4.69, 9.17) is 0 Å². The Morgan fingerprint density at radius 3 is 2.62 bits per heavy atom. The van der Waals surface area contributed by atoms with Crippen molar-refractivity contribution in [3.05, 3.63) is 82.6 Å². The topological polar surface area (TPSA) is 90.8 Å². The lowest BCUT2D eigenvalue weighted by Crippen LogP contribution is -2.20. The van der Waals surface area contributed by atoms with Crippen molar-refractivity contribution in [2.45, 2.75) is 26.1 Å². The highest BCUT2D eigenvalue weighted by atomic mass is 19.1.